The summed E-state index contributed by atoms with van der Waals surface area (Å²) in [7, 11) is -1.80. The molecule has 0 saturated carbocycles. The number of benzene rings is 1. The third-order valence-electron chi connectivity index (χ3n) is 5.31. The lowest BCUT2D eigenvalue weighted by atomic mass is 9.89. The van der Waals surface area contributed by atoms with E-state index in [4.69, 9.17) is 4.74 Å². The topological polar surface area (TPSA) is 87.2 Å². The van der Waals surface area contributed by atoms with Crippen LogP contribution in [-0.2, 0) is 14.8 Å². The monoisotopic (exact) mass is 440 g/mol. The summed E-state index contributed by atoms with van der Waals surface area (Å²) in [6.07, 6.45) is 1.20. The molecule has 1 aliphatic heterocycles. The van der Waals surface area contributed by atoms with Gasteiger partial charge in [0.2, 0.25) is 10.0 Å². The second kappa shape index (κ2) is 10.2. The molecule has 30 heavy (non-hydrogen) atoms. The normalized spacial score (nSPS) is 17.8. The van der Waals surface area contributed by atoms with E-state index in [2.05, 4.69) is 4.90 Å². The number of ether oxygens (including phenoxy) is 1. The maximum Gasteiger partial charge on any atom is 0.338 e. The second-order valence-electron chi connectivity index (χ2n) is 9.27. The van der Waals surface area contributed by atoms with Crippen molar-refractivity contribution in [2.24, 2.45) is 5.41 Å². The van der Waals surface area contributed by atoms with Crippen molar-refractivity contribution in [2.75, 3.05) is 33.3 Å². The summed E-state index contributed by atoms with van der Waals surface area (Å²) in [6.45, 7) is 9.75. The van der Waals surface area contributed by atoms with Gasteiger partial charge in [0, 0.05) is 12.6 Å². The van der Waals surface area contributed by atoms with Gasteiger partial charge in [-0.2, -0.15) is 4.31 Å². The van der Waals surface area contributed by atoms with Gasteiger partial charge in [0.1, 0.15) is 0 Å². The van der Waals surface area contributed by atoms with Crippen LogP contribution in [0.3, 0.4) is 0 Å². The number of piperidine rings is 1. The molecule has 0 spiro atoms. The van der Waals surface area contributed by atoms with Gasteiger partial charge >= 0.3 is 5.97 Å². The van der Waals surface area contributed by atoms with Gasteiger partial charge in [-0.05, 0) is 76.0 Å². The standard InChI is InChI=1S/C22H36N2O5S/c1-6-29-21(26)17-7-9-20(10-8-17)30(27,28)24(16-19(25)15-22(2,3)4)18-11-13-23(5)14-12-18/h7-10,18-19,25H,6,11-16H2,1-5H3/t19-/m1/s1. The zero-order chi connectivity index (χ0) is 22.5. The second-order valence-corrected chi connectivity index (χ2v) is 11.2. The number of aliphatic hydroxyl groups excluding tert-OH is 1. The molecule has 1 aromatic carbocycles. The lowest BCUT2D eigenvalue weighted by molar-refractivity contribution is 0.0526. The van der Waals surface area contributed by atoms with Crippen LogP contribution < -0.4 is 0 Å². The lowest BCUT2D eigenvalue weighted by Crippen LogP contribution is -2.49. The molecule has 1 atom stereocenters. The summed E-state index contributed by atoms with van der Waals surface area (Å²) in [5.41, 5.74) is 0.206. The summed E-state index contributed by atoms with van der Waals surface area (Å²) in [6, 6.07) is 5.68. The first-order chi connectivity index (χ1) is 13.9. The number of carbonyl (C=O) groups excluding carboxylic acids is 1. The van der Waals surface area contributed by atoms with Crippen LogP contribution in [0, 0.1) is 5.41 Å². The smallest absolute Gasteiger partial charge is 0.338 e. The van der Waals surface area contributed by atoms with E-state index in [0.717, 1.165) is 25.9 Å². The van der Waals surface area contributed by atoms with Crippen LogP contribution in [0.1, 0.15) is 57.3 Å². The number of nitrogens with zero attached hydrogens (tertiary/aromatic N) is 2. The van der Waals surface area contributed by atoms with E-state index >= 15 is 0 Å². The molecule has 8 heteroatoms. The molecular weight excluding hydrogens is 404 g/mol. The van der Waals surface area contributed by atoms with Gasteiger partial charge in [-0.3, -0.25) is 0 Å². The highest BCUT2D eigenvalue weighted by Crippen LogP contribution is 2.27. The quantitative estimate of drug-likeness (QED) is 0.626. The molecule has 0 unspecified atom stereocenters. The third kappa shape index (κ3) is 6.77. The Morgan fingerprint density at radius 1 is 1.23 bits per heavy atom. The Bertz CT molecular complexity index is 794. The Morgan fingerprint density at radius 2 is 1.80 bits per heavy atom. The van der Waals surface area contributed by atoms with Crippen LogP contribution in [0.5, 0.6) is 0 Å². The number of hydrogen-bond donors (Lipinski definition) is 1. The summed E-state index contributed by atoms with van der Waals surface area (Å²) >= 11 is 0. The number of hydrogen-bond acceptors (Lipinski definition) is 6. The number of sulfonamides is 1. The SMILES string of the molecule is CCOC(=O)c1ccc(S(=O)(=O)N(C[C@H](O)CC(C)(C)C)C2CCN(C)CC2)cc1. The average molecular weight is 441 g/mol. The highest BCUT2D eigenvalue weighted by atomic mass is 32.2. The summed E-state index contributed by atoms with van der Waals surface area (Å²) in [4.78, 5) is 14.2. The van der Waals surface area contributed by atoms with Crippen molar-refractivity contribution in [1.82, 2.24) is 9.21 Å². The highest BCUT2D eigenvalue weighted by molar-refractivity contribution is 7.89. The van der Waals surface area contributed by atoms with Crippen LogP contribution in [0.15, 0.2) is 29.2 Å². The van der Waals surface area contributed by atoms with Crippen LogP contribution in [0.4, 0.5) is 0 Å². The molecule has 1 heterocycles. The van der Waals surface area contributed by atoms with Gasteiger partial charge in [-0.15, -0.1) is 0 Å². The number of likely N-dealkylation sites (tertiary alicyclic amines) is 1. The van der Waals surface area contributed by atoms with Crippen LogP contribution >= 0.6 is 0 Å². The Morgan fingerprint density at radius 3 is 2.30 bits per heavy atom. The molecule has 0 radical (unpaired) electrons. The van der Waals surface area contributed by atoms with Crippen LogP contribution in [0.25, 0.3) is 0 Å². The minimum absolute atomic E-state index is 0.0631. The molecule has 0 aliphatic carbocycles. The van der Waals surface area contributed by atoms with Crippen molar-refractivity contribution >= 4 is 16.0 Å². The first kappa shape index (κ1) is 24.8. The first-order valence-corrected chi connectivity index (χ1v) is 12.0. The molecule has 1 fully saturated rings. The fourth-order valence-electron chi connectivity index (χ4n) is 3.82. The number of esters is 1. The van der Waals surface area contributed by atoms with Gasteiger partial charge in [-0.25, -0.2) is 13.2 Å². The van der Waals surface area contributed by atoms with E-state index in [-0.39, 0.29) is 29.5 Å². The van der Waals surface area contributed by atoms with Gasteiger partial charge in [0.05, 0.1) is 23.2 Å². The summed E-state index contributed by atoms with van der Waals surface area (Å²) in [5.74, 6) is -0.478. The maximum atomic E-state index is 13.5. The van der Waals surface area contributed by atoms with Crippen molar-refractivity contribution in [1.29, 1.82) is 0 Å². The molecule has 1 aromatic rings. The molecule has 0 bridgehead atoms. The number of aliphatic hydroxyl groups is 1. The predicted molar refractivity (Wildman–Crippen MR) is 117 cm³/mol. The van der Waals surface area contributed by atoms with Crippen molar-refractivity contribution in [3.63, 3.8) is 0 Å². The molecule has 170 valence electrons. The third-order valence-corrected chi connectivity index (χ3v) is 7.24. The van der Waals surface area contributed by atoms with Crippen molar-refractivity contribution < 1.29 is 23.1 Å². The molecule has 7 nitrogen and oxygen atoms in total. The van der Waals surface area contributed by atoms with Crippen molar-refractivity contribution in [3.05, 3.63) is 29.8 Å². The zero-order valence-electron chi connectivity index (χ0n) is 18.8. The Kier molecular flexibility index (Phi) is 8.44. The van der Waals surface area contributed by atoms with Gasteiger partial charge in [0.25, 0.3) is 0 Å². The minimum Gasteiger partial charge on any atom is -0.462 e. The molecule has 2 rings (SSSR count). The Hall–Kier alpha value is -1.48. The first-order valence-electron chi connectivity index (χ1n) is 10.6. The minimum atomic E-state index is -3.82. The Balaban J connectivity index is 2.29. The van der Waals surface area contributed by atoms with E-state index in [0.29, 0.717) is 12.0 Å². The van der Waals surface area contributed by atoms with E-state index in [1.165, 1.54) is 28.6 Å². The van der Waals surface area contributed by atoms with Crippen molar-refractivity contribution in [3.8, 4) is 0 Å². The number of rotatable bonds is 8. The zero-order valence-corrected chi connectivity index (χ0v) is 19.6. The highest BCUT2D eigenvalue weighted by Gasteiger charge is 2.35. The summed E-state index contributed by atoms with van der Waals surface area (Å²) in [5, 5.41) is 10.6. The fraction of sp³-hybridized carbons (Fsp3) is 0.682. The van der Waals surface area contributed by atoms with E-state index < -0.39 is 22.1 Å². The number of carbonyl (C=O) groups is 1. The average Bonchev–Trinajstić information content (AvgIpc) is 2.66. The van der Waals surface area contributed by atoms with Crippen LogP contribution in [-0.4, -0.2) is 74.1 Å². The van der Waals surface area contributed by atoms with E-state index in [1.807, 2.05) is 27.8 Å². The van der Waals surface area contributed by atoms with Gasteiger partial charge in [-0.1, -0.05) is 20.8 Å². The largest absolute Gasteiger partial charge is 0.462 e. The molecular formula is C22H36N2O5S. The molecule has 0 amide bonds. The molecule has 1 aliphatic rings. The van der Waals surface area contributed by atoms with Gasteiger partial charge < -0.3 is 14.7 Å². The molecule has 1 saturated heterocycles. The maximum absolute atomic E-state index is 13.5. The fourth-order valence-corrected chi connectivity index (χ4v) is 5.54. The van der Waals surface area contributed by atoms with Crippen LogP contribution in [0.2, 0.25) is 0 Å². The predicted octanol–water partition coefficient (Wildman–Crippen LogP) is 2.75. The van der Waals surface area contributed by atoms with Crippen molar-refractivity contribution in [2.45, 2.75) is 64.0 Å². The lowest BCUT2D eigenvalue weighted by Gasteiger charge is -2.38. The Labute approximate surface area is 181 Å². The molecule has 1 N–H and O–H groups in total. The molecule has 0 aromatic heterocycles. The van der Waals surface area contributed by atoms with Gasteiger partial charge in [0.15, 0.2) is 0 Å². The van der Waals surface area contributed by atoms with E-state index in [9.17, 15) is 18.3 Å². The summed E-state index contributed by atoms with van der Waals surface area (Å²) < 4.78 is 33.4. The van der Waals surface area contributed by atoms with E-state index in [1.54, 1.807) is 6.92 Å².